The van der Waals surface area contributed by atoms with Gasteiger partial charge in [-0.05, 0) is 17.7 Å². The van der Waals surface area contributed by atoms with Crippen molar-refractivity contribution >= 4 is 28.1 Å². The first-order valence-electron chi connectivity index (χ1n) is 7.85. The molecule has 3 aromatic rings. The first-order chi connectivity index (χ1) is 12.5. The number of nitrogens with one attached hydrogen (secondary N) is 1. The van der Waals surface area contributed by atoms with Crippen LogP contribution in [-0.4, -0.2) is 39.2 Å². The molecule has 1 aliphatic heterocycles. The second-order valence-electron chi connectivity index (χ2n) is 5.78. The van der Waals surface area contributed by atoms with Crippen LogP contribution in [0, 0.1) is 5.82 Å². The molecule has 1 atom stereocenters. The predicted molar refractivity (Wildman–Crippen MR) is 92.5 cm³/mol. The van der Waals surface area contributed by atoms with E-state index in [-0.39, 0.29) is 18.8 Å². The molecule has 2 aromatic heterocycles. The summed E-state index contributed by atoms with van der Waals surface area (Å²) >= 11 is 1.23. The Balaban J connectivity index is 1.81. The van der Waals surface area contributed by atoms with Gasteiger partial charge in [-0.3, -0.25) is 18.8 Å². The average Bonchev–Trinajstić information content (AvgIpc) is 3.08. The molecule has 0 aliphatic carbocycles. The number of halogens is 1. The van der Waals surface area contributed by atoms with Crippen molar-refractivity contribution in [3.63, 3.8) is 0 Å². The van der Waals surface area contributed by atoms with Gasteiger partial charge in [-0.25, -0.2) is 4.39 Å². The molecule has 1 N–H and O–H groups in total. The standard InChI is InChI=1S/C17H13FN4O3S/c18-11-3-1-2-10(8-11)14-15(24)19-4-5-22(14)16(25)12-9-13(23)20-17-21(12)6-7-26-17/h1-3,6-9,14H,4-5H2,(H,19,24). The molecule has 0 radical (unpaired) electrons. The number of aromatic nitrogens is 2. The second kappa shape index (κ2) is 6.34. The van der Waals surface area contributed by atoms with Gasteiger partial charge in [-0.15, -0.1) is 11.3 Å². The molecule has 1 saturated heterocycles. The molecule has 9 heteroatoms. The summed E-state index contributed by atoms with van der Waals surface area (Å²) in [6.07, 6.45) is 1.64. The van der Waals surface area contributed by atoms with Crippen LogP contribution in [-0.2, 0) is 4.79 Å². The predicted octanol–water partition coefficient (Wildman–Crippen LogP) is 1.21. The van der Waals surface area contributed by atoms with Crippen molar-refractivity contribution in [2.75, 3.05) is 13.1 Å². The Labute approximate surface area is 150 Å². The number of hydrogen-bond donors (Lipinski definition) is 1. The SMILES string of the molecule is O=C1NCCN(C(=O)c2cc(=O)nc3sccn23)C1c1cccc(F)c1. The first-order valence-corrected chi connectivity index (χ1v) is 8.73. The Kier molecular flexibility index (Phi) is 4.00. The van der Waals surface area contributed by atoms with Gasteiger partial charge in [-0.2, -0.15) is 4.98 Å². The van der Waals surface area contributed by atoms with Crippen molar-refractivity contribution in [2.24, 2.45) is 0 Å². The lowest BCUT2D eigenvalue weighted by atomic mass is 10.0. The van der Waals surface area contributed by atoms with E-state index < -0.39 is 29.2 Å². The number of thiazole rings is 1. The normalized spacial score (nSPS) is 17.3. The number of nitrogens with zero attached hydrogens (tertiary/aromatic N) is 3. The van der Waals surface area contributed by atoms with Crippen LogP contribution in [0.15, 0.2) is 46.7 Å². The van der Waals surface area contributed by atoms with E-state index in [0.29, 0.717) is 10.5 Å². The van der Waals surface area contributed by atoms with Crippen LogP contribution in [0.2, 0.25) is 0 Å². The van der Waals surface area contributed by atoms with Crippen molar-refractivity contribution < 1.29 is 14.0 Å². The Morgan fingerprint density at radius 2 is 2.15 bits per heavy atom. The average molecular weight is 372 g/mol. The van der Waals surface area contributed by atoms with Crippen molar-refractivity contribution in [2.45, 2.75) is 6.04 Å². The minimum Gasteiger partial charge on any atom is -0.352 e. The van der Waals surface area contributed by atoms with Crippen LogP contribution < -0.4 is 10.9 Å². The Hall–Kier alpha value is -3.07. The van der Waals surface area contributed by atoms with Crippen molar-refractivity contribution in [1.29, 1.82) is 0 Å². The number of rotatable bonds is 2. The van der Waals surface area contributed by atoms with Gasteiger partial charge in [-0.1, -0.05) is 12.1 Å². The largest absolute Gasteiger partial charge is 0.352 e. The van der Waals surface area contributed by atoms with E-state index in [4.69, 9.17) is 0 Å². The minimum absolute atomic E-state index is 0.123. The fourth-order valence-electron chi connectivity index (χ4n) is 3.05. The van der Waals surface area contributed by atoms with E-state index in [1.807, 2.05) is 0 Å². The maximum Gasteiger partial charge on any atom is 0.274 e. The van der Waals surface area contributed by atoms with Gasteiger partial charge in [0.15, 0.2) is 4.96 Å². The van der Waals surface area contributed by atoms with E-state index in [2.05, 4.69) is 10.3 Å². The van der Waals surface area contributed by atoms with Gasteiger partial charge >= 0.3 is 0 Å². The minimum atomic E-state index is -0.968. The third-order valence-corrected chi connectivity index (χ3v) is 4.93. The van der Waals surface area contributed by atoms with E-state index >= 15 is 0 Å². The molecule has 1 fully saturated rings. The third kappa shape index (κ3) is 2.76. The molecule has 1 unspecified atom stereocenters. The Morgan fingerprint density at radius 1 is 1.31 bits per heavy atom. The summed E-state index contributed by atoms with van der Waals surface area (Å²) in [4.78, 5) is 43.0. The smallest absolute Gasteiger partial charge is 0.274 e. The van der Waals surface area contributed by atoms with Crippen LogP contribution in [0.3, 0.4) is 0 Å². The van der Waals surface area contributed by atoms with Gasteiger partial charge in [0.05, 0.1) is 0 Å². The first kappa shape index (κ1) is 16.4. The monoisotopic (exact) mass is 372 g/mol. The molecule has 7 nitrogen and oxygen atoms in total. The highest BCUT2D eigenvalue weighted by molar-refractivity contribution is 7.15. The summed E-state index contributed by atoms with van der Waals surface area (Å²) in [5, 5.41) is 4.41. The summed E-state index contributed by atoms with van der Waals surface area (Å²) in [6, 6.07) is 5.77. The summed E-state index contributed by atoms with van der Waals surface area (Å²) < 4.78 is 15.1. The summed E-state index contributed by atoms with van der Waals surface area (Å²) in [6.45, 7) is 0.525. The van der Waals surface area contributed by atoms with Crippen molar-refractivity contribution in [1.82, 2.24) is 19.6 Å². The molecule has 1 aliphatic rings. The highest BCUT2D eigenvalue weighted by atomic mass is 32.1. The molecule has 4 rings (SSSR count). The van der Waals surface area contributed by atoms with Crippen LogP contribution in [0.5, 0.6) is 0 Å². The Bertz CT molecular complexity index is 1080. The highest BCUT2D eigenvalue weighted by Gasteiger charge is 2.36. The number of carbonyl (C=O) groups is 2. The molecule has 26 heavy (non-hydrogen) atoms. The lowest BCUT2D eigenvalue weighted by Crippen LogP contribution is -2.52. The van der Waals surface area contributed by atoms with E-state index in [1.54, 1.807) is 17.6 Å². The third-order valence-electron chi connectivity index (χ3n) is 4.17. The van der Waals surface area contributed by atoms with E-state index in [0.717, 1.165) is 6.07 Å². The lowest BCUT2D eigenvalue weighted by molar-refractivity contribution is -0.128. The molecule has 3 heterocycles. The van der Waals surface area contributed by atoms with E-state index in [9.17, 15) is 18.8 Å². The Morgan fingerprint density at radius 3 is 2.96 bits per heavy atom. The van der Waals surface area contributed by atoms with Crippen LogP contribution in [0.25, 0.3) is 4.96 Å². The van der Waals surface area contributed by atoms with Gasteiger partial charge in [0.25, 0.3) is 11.5 Å². The van der Waals surface area contributed by atoms with E-state index in [1.165, 1.54) is 38.8 Å². The van der Waals surface area contributed by atoms with Gasteiger partial charge in [0, 0.05) is 30.7 Å². The maximum atomic E-state index is 13.6. The molecule has 0 spiro atoms. The molecule has 0 saturated carbocycles. The van der Waals surface area contributed by atoms with Crippen molar-refractivity contribution in [3.8, 4) is 0 Å². The fourth-order valence-corrected chi connectivity index (χ4v) is 3.77. The topological polar surface area (TPSA) is 83.8 Å². The fraction of sp³-hybridized carbons (Fsp3) is 0.176. The number of amides is 2. The molecule has 1 aromatic carbocycles. The highest BCUT2D eigenvalue weighted by Crippen LogP contribution is 2.26. The zero-order chi connectivity index (χ0) is 18.3. The van der Waals surface area contributed by atoms with Gasteiger partial charge in [0.2, 0.25) is 5.91 Å². The molecule has 2 amide bonds. The second-order valence-corrected chi connectivity index (χ2v) is 6.66. The molecule has 132 valence electrons. The summed E-state index contributed by atoms with van der Waals surface area (Å²) in [7, 11) is 0. The zero-order valence-corrected chi connectivity index (χ0v) is 14.2. The molecule has 0 bridgehead atoms. The maximum absolute atomic E-state index is 13.6. The van der Waals surface area contributed by atoms with Crippen LogP contribution in [0.1, 0.15) is 22.1 Å². The van der Waals surface area contributed by atoms with Crippen LogP contribution >= 0.6 is 11.3 Å². The number of fused-ring (bicyclic) bond motifs is 1. The van der Waals surface area contributed by atoms with Crippen molar-refractivity contribution in [3.05, 3.63) is 69.3 Å². The summed E-state index contributed by atoms with van der Waals surface area (Å²) in [5.74, 6) is -1.37. The number of carbonyl (C=O) groups excluding carboxylic acids is 2. The van der Waals surface area contributed by atoms with Gasteiger partial charge < -0.3 is 10.2 Å². The number of benzene rings is 1. The molecular weight excluding hydrogens is 359 g/mol. The van der Waals surface area contributed by atoms with Gasteiger partial charge in [0.1, 0.15) is 17.6 Å². The summed E-state index contributed by atoms with van der Waals surface area (Å²) in [5.41, 5.74) is -0.0320. The number of hydrogen-bond acceptors (Lipinski definition) is 5. The number of piperazine rings is 1. The van der Waals surface area contributed by atoms with Crippen LogP contribution in [0.4, 0.5) is 4.39 Å². The molecular formula is C17H13FN4O3S. The quantitative estimate of drug-likeness (QED) is 0.733. The lowest BCUT2D eigenvalue weighted by Gasteiger charge is -2.35. The zero-order valence-electron chi connectivity index (χ0n) is 13.4.